The minimum absolute atomic E-state index is 0.499. The predicted octanol–water partition coefficient (Wildman–Crippen LogP) is 2.97. The number of carbonyl (C=O) groups excluding carboxylic acids is 1. The fourth-order valence-electron chi connectivity index (χ4n) is 1.85. The molecule has 0 aliphatic carbocycles. The number of hydrogen-bond donors (Lipinski definition) is 1. The third kappa shape index (κ3) is 2.28. The van der Waals surface area contributed by atoms with E-state index in [1.807, 2.05) is 36.4 Å². The number of fused-ring (bicyclic) bond motifs is 1. The van der Waals surface area contributed by atoms with Gasteiger partial charge in [-0.2, -0.15) is 5.26 Å². The lowest BCUT2D eigenvalue weighted by Gasteiger charge is -2.09. The number of ether oxygens (including phenoxy) is 1. The Morgan fingerprint density at radius 1 is 1.17 bits per heavy atom. The van der Waals surface area contributed by atoms with Crippen LogP contribution in [0.15, 0.2) is 36.4 Å². The Morgan fingerprint density at radius 2 is 1.83 bits per heavy atom. The maximum Gasteiger partial charge on any atom is 0.349 e. The Bertz CT molecular complexity index is 577. The molecule has 0 aliphatic rings. The molecule has 0 radical (unpaired) electrons. The Balaban J connectivity index is 2.42. The second-order valence-corrected chi connectivity index (χ2v) is 4.10. The summed E-state index contributed by atoms with van der Waals surface area (Å²) in [6.45, 7) is 1.68. The molecule has 94 valence electrons. The molecule has 0 fully saturated rings. The van der Waals surface area contributed by atoms with Crippen LogP contribution in [0.4, 0.5) is 0 Å². The number of methoxy groups -OCH3 is 1. The first-order valence-electron chi connectivity index (χ1n) is 5.58. The van der Waals surface area contributed by atoms with Crippen LogP contribution in [0.5, 0.6) is 5.75 Å². The van der Waals surface area contributed by atoms with Crippen LogP contribution in [-0.4, -0.2) is 18.3 Å². The zero-order valence-electron chi connectivity index (χ0n) is 10.2. The number of benzene rings is 2. The van der Waals surface area contributed by atoms with Crippen LogP contribution in [0.3, 0.4) is 0 Å². The average Bonchev–Trinajstić information content (AvgIpc) is 2.44. The van der Waals surface area contributed by atoms with Crippen LogP contribution in [0.2, 0.25) is 0 Å². The normalized spacial score (nSPS) is 12.2. The van der Waals surface area contributed by atoms with Gasteiger partial charge in [0.15, 0.2) is 0 Å². The minimum Gasteiger partial charge on any atom is -0.497 e. The molecule has 0 unspecified atom stereocenters. The second-order valence-electron chi connectivity index (χ2n) is 4.10. The number of carbonyl (C=O) groups is 1. The van der Waals surface area contributed by atoms with Crippen molar-refractivity contribution in [3.8, 4) is 5.75 Å². The standard InChI is InChI=1S/C14H14O4/c1-9(14(15)18-16)10-3-4-12-8-13(17-2)6-5-11(12)7-10/h3-9,16H,1-2H3/t9-/m0/s1. The highest BCUT2D eigenvalue weighted by atomic mass is 17.1. The summed E-state index contributed by atoms with van der Waals surface area (Å²) in [5.74, 6) is -0.373. The van der Waals surface area contributed by atoms with E-state index in [4.69, 9.17) is 9.99 Å². The van der Waals surface area contributed by atoms with E-state index in [1.165, 1.54) is 0 Å². The summed E-state index contributed by atoms with van der Waals surface area (Å²) in [4.78, 5) is 15.0. The van der Waals surface area contributed by atoms with Gasteiger partial charge in [-0.25, -0.2) is 4.79 Å². The molecule has 1 N–H and O–H groups in total. The van der Waals surface area contributed by atoms with Crippen LogP contribution in [-0.2, 0) is 9.68 Å². The molecule has 0 amide bonds. The smallest absolute Gasteiger partial charge is 0.349 e. The van der Waals surface area contributed by atoms with Gasteiger partial charge in [0.25, 0.3) is 0 Å². The van der Waals surface area contributed by atoms with Crippen LogP contribution < -0.4 is 4.74 Å². The Kier molecular flexibility index (Phi) is 3.48. The molecule has 0 aromatic heterocycles. The lowest BCUT2D eigenvalue weighted by Crippen LogP contribution is -2.10. The van der Waals surface area contributed by atoms with Gasteiger partial charge >= 0.3 is 5.97 Å². The summed E-state index contributed by atoms with van der Waals surface area (Å²) < 4.78 is 5.15. The minimum atomic E-state index is -0.664. The fraction of sp³-hybridized carbons (Fsp3) is 0.214. The maximum absolute atomic E-state index is 11.3. The molecule has 18 heavy (non-hydrogen) atoms. The highest BCUT2D eigenvalue weighted by Crippen LogP contribution is 2.25. The molecule has 0 spiro atoms. The largest absolute Gasteiger partial charge is 0.497 e. The molecule has 4 nitrogen and oxygen atoms in total. The second kappa shape index (κ2) is 5.06. The van der Waals surface area contributed by atoms with Crippen molar-refractivity contribution < 1.29 is 19.7 Å². The van der Waals surface area contributed by atoms with Gasteiger partial charge < -0.3 is 9.62 Å². The van der Waals surface area contributed by atoms with Gasteiger partial charge in [-0.3, -0.25) is 0 Å². The Hall–Kier alpha value is -2.07. The van der Waals surface area contributed by atoms with E-state index in [0.717, 1.165) is 22.1 Å². The van der Waals surface area contributed by atoms with Crippen molar-refractivity contribution in [1.82, 2.24) is 0 Å². The average molecular weight is 246 g/mol. The lowest BCUT2D eigenvalue weighted by atomic mass is 9.98. The SMILES string of the molecule is COc1ccc2cc([C@H](C)C(=O)OO)ccc2c1. The summed E-state index contributed by atoms with van der Waals surface area (Å²) in [5.41, 5.74) is 0.798. The van der Waals surface area contributed by atoms with E-state index in [1.54, 1.807) is 14.0 Å². The zero-order chi connectivity index (χ0) is 13.1. The van der Waals surface area contributed by atoms with E-state index in [0.29, 0.717) is 0 Å². The van der Waals surface area contributed by atoms with Gasteiger partial charge in [0.1, 0.15) is 5.75 Å². The topological polar surface area (TPSA) is 55.8 Å². The first kappa shape index (κ1) is 12.4. The molecule has 2 aromatic carbocycles. The van der Waals surface area contributed by atoms with Crippen molar-refractivity contribution in [3.05, 3.63) is 42.0 Å². The Morgan fingerprint density at radius 3 is 2.50 bits per heavy atom. The summed E-state index contributed by atoms with van der Waals surface area (Å²) in [6, 6.07) is 11.4. The zero-order valence-corrected chi connectivity index (χ0v) is 10.2. The van der Waals surface area contributed by atoms with Crippen molar-refractivity contribution in [2.45, 2.75) is 12.8 Å². The van der Waals surface area contributed by atoms with Crippen LogP contribution in [0.25, 0.3) is 10.8 Å². The van der Waals surface area contributed by atoms with Crippen molar-refractivity contribution in [2.24, 2.45) is 0 Å². The molecule has 2 rings (SSSR count). The molecule has 2 aromatic rings. The molecule has 0 aliphatic heterocycles. The molecule has 0 saturated carbocycles. The predicted molar refractivity (Wildman–Crippen MR) is 67.6 cm³/mol. The fourth-order valence-corrected chi connectivity index (χ4v) is 1.85. The van der Waals surface area contributed by atoms with Crippen molar-refractivity contribution in [2.75, 3.05) is 7.11 Å². The van der Waals surface area contributed by atoms with Crippen molar-refractivity contribution in [1.29, 1.82) is 0 Å². The van der Waals surface area contributed by atoms with Crippen LogP contribution in [0, 0.1) is 0 Å². The first-order valence-corrected chi connectivity index (χ1v) is 5.58. The number of rotatable bonds is 3. The van der Waals surface area contributed by atoms with Gasteiger partial charge in [0.05, 0.1) is 13.0 Å². The third-order valence-corrected chi connectivity index (χ3v) is 3.01. The first-order chi connectivity index (χ1) is 8.65. The number of hydrogen-bond acceptors (Lipinski definition) is 4. The van der Waals surface area contributed by atoms with Gasteiger partial charge in [-0.15, -0.1) is 0 Å². The quantitative estimate of drug-likeness (QED) is 0.668. The van der Waals surface area contributed by atoms with Gasteiger partial charge in [-0.1, -0.05) is 24.3 Å². The molecule has 0 bridgehead atoms. The lowest BCUT2D eigenvalue weighted by molar-refractivity contribution is -0.235. The van der Waals surface area contributed by atoms with Gasteiger partial charge in [-0.05, 0) is 35.4 Å². The highest BCUT2D eigenvalue weighted by Gasteiger charge is 2.17. The summed E-state index contributed by atoms with van der Waals surface area (Å²) in [7, 11) is 1.62. The van der Waals surface area contributed by atoms with Crippen LogP contribution in [0.1, 0.15) is 18.4 Å². The summed E-state index contributed by atoms with van der Waals surface area (Å²) >= 11 is 0. The van der Waals surface area contributed by atoms with Gasteiger partial charge in [0, 0.05) is 0 Å². The van der Waals surface area contributed by atoms with E-state index in [2.05, 4.69) is 4.89 Å². The monoisotopic (exact) mass is 246 g/mol. The maximum atomic E-state index is 11.3. The van der Waals surface area contributed by atoms with Gasteiger partial charge in [0.2, 0.25) is 0 Å². The van der Waals surface area contributed by atoms with Crippen molar-refractivity contribution >= 4 is 16.7 Å². The molecular formula is C14H14O4. The van der Waals surface area contributed by atoms with E-state index in [9.17, 15) is 4.79 Å². The molecule has 0 heterocycles. The van der Waals surface area contributed by atoms with Crippen LogP contribution >= 0.6 is 0 Å². The molecule has 1 atom stereocenters. The molecule has 4 heteroatoms. The summed E-state index contributed by atoms with van der Waals surface area (Å²) in [5, 5.41) is 10.4. The highest BCUT2D eigenvalue weighted by molar-refractivity contribution is 5.86. The third-order valence-electron chi connectivity index (χ3n) is 3.01. The van der Waals surface area contributed by atoms with Crippen molar-refractivity contribution in [3.63, 3.8) is 0 Å². The Labute approximate surface area is 105 Å². The van der Waals surface area contributed by atoms with E-state index < -0.39 is 11.9 Å². The molecule has 0 saturated heterocycles. The van der Waals surface area contributed by atoms with E-state index >= 15 is 0 Å². The molecular weight excluding hydrogens is 232 g/mol. The van der Waals surface area contributed by atoms with E-state index in [-0.39, 0.29) is 0 Å². The summed E-state index contributed by atoms with van der Waals surface area (Å²) in [6.07, 6.45) is 0.